The van der Waals surface area contributed by atoms with Crippen LogP contribution in [-0.4, -0.2) is 8.80 Å². The van der Waals surface area contributed by atoms with Crippen LogP contribution in [0.2, 0.25) is 0 Å². The molecule has 0 amide bonds. The van der Waals surface area contributed by atoms with Crippen LogP contribution in [0.25, 0.3) is 22.2 Å². The quantitative estimate of drug-likeness (QED) is 0.270. The van der Waals surface area contributed by atoms with E-state index in [2.05, 4.69) is 141 Å². The number of nitrogens with zero attached hydrogens (tertiary/aromatic N) is 2. The predicted octanol–water partition coefficient (Wildman–Crippen LogP) is 9.05. The van der Waals surface area contributed by atoms with Gasteiger partial charge in [0.05, 0.1) is 0 Å². The van der Waals surface area contributed by atoms with Crippen molar-refractivity contribution in [2.45, 2.75) is 105 Å². The Bertz CT molecular complexity index is 1360. The molecule has 0 saturated carbocycles. The van der Waals surface area contributed by atoms with Gasteiger partial charge in [0.2, 0.25) is 0 Å². The summed E-state index contributed by atoms with van der Waals surface area (Å²) in [5.74, 6) is 0. The molecule has 0 aliphatic heterocycles. The van der Waals surface area contributed by atoms with Crippen LogP contribution >= 0.6 is 0 Å². The van der Waals surface area contributed by atoms with Gasteiger partial charge >= 0.3 is 0 Å². The maximum Gasteiger partial charge on any atom is 0.0490 e. The fourth-order valence-corrected chi connectivity index (χ4v) is 5.41. The highest BCUT2D eigenvalue weighted by atomic mass is 14.9. The third-order valence-corrected chi connectivity index (χ3v) is 6.95. The van der Waals surface area contributed by atoms with E-state index in [4.69, 9.17) is 0 Å². The van der Waals surface area contributed by atoms with Crippen molar-refractivity contribution >= 4 is 11.0 Å². The van der Waals surface area contributed by atoms with E-state index < -0.39 is 0 Å². The van der Waals surface area contributed by atoms with E-state index in [1.807, 2.05) is 0 Å². The zero-order valence-corrected chi connectivity index (χ0v) is 23.5. The third kappa shape index (κ3) is 4.21. The fraction of sp³-hybridized carbons (Fsp3) is 0.500. The molecule has 0 aliphatic rings. The highest BCUT2D eigenvalue weighted by molar-refractivity contribution is 5.74. The normalized spacial score (nSPS) is 13.9. The van der Waals surface area contributed by atoms with Crippen LogP contribution < -0.4 is 0 Å². The molecule has 4 aromatic heterocycles. The van der Waals surface area contributed by atoms with Crippen LogP contribution in [0, 0.1) is 0 Å². The van der Waals surface area contributed by atoms with E-state index in [1.54, 1.807) is 0 Å². The zero-order valence-electron chi connectivity index (χ0n) is 23.5. The SMILES string of the molecule is CC(C)(C)c1cn2cc(-c3cc4ccc(C(C)(C)C)c(C(C)(C)C)n4c3)ccc2c1C(C)(C)C. The Labute approximate surface area is 207 Å². The Morgan fingerprint density at radius 3 is 1.68 bits per heavy atom. The van der Waals surface area contributed by atoms with Gasteiger partial charge in [-0.2, -0.15) is 0 Å². The summed E-state index contributed by atoms with van der Waals surface area (Å²) < 4.78 is 4.78. The van der Waals surface area contributed by atoms with Crippen molar-refractivity contribution in [3.05, 3.63) is 71.3 Å². The molecular weight excluding hydrogens is 412 g/mol. The van der Waals surface area contributed by atoms with Gasteiger partial charge in [-0.15, -0.1) is 0 Å². The lowest BCUT2D eigenvalue weighted by atomic mass is 9.77. The number of pyridine rings is 2. The summed E-state index contributed by atoms with van der Waals surface area (Å²) in [6, 6.07) is 11.6. The van der Waals surface area contributed by atoms with E-state index in [-0.39, 0.29) is 21.7 Å². The van der Waals surface area contributed by atoms with Gasteiger partial charge in [0.1, 0.15) is 0 Å². The van der Waals surface area contributed by atoms with E-state index in [9.17, 15) is 0 Å². The second-order valence-electron chi connectivity index (χ2n) is 14.2. The molecule has 0 unspecified atom stereocenters. The fourth-order valence-electron chi connectivity index (χ4n) is 5.41. The highest BCUT2D eigenvalue weighted by Gasteiger charge is 2.30. The van der Waals surface area contributed by atoms with Crippen LogP contribution in [0.4, 0.5) is 0 Å². The van der Waals surface area contributed by atoms with Crippen molar-refractivity contribution in [3.63, 3.8) is 0 Å². The summed E-state index contributed by atoms with van der Waals surface area (Å²) in [4.78, 5) is 0. The van der Waals surface area contributed by atoms with Gasteiger partial charge in [-0.25, -0.2) is 0 Å². The first kappa shape index (κ1) is 24.6. The average molecular weight is 457 g/mol. The lowest BCUT2D eigenvalue weighted by Gasteiger charge is -2.31. The second kappa shape index (κ2) is 7.51. The van der Waals surface area contributed by atoms with Crippen molar-refractivity contribution in [1.29, 1.82) is 0 Å². The molecule has 4 aromatic rings. The summed E-state index contributed by atoms with van der Waals surface area (Å²) >= 11 is 0. The van der Waals surface area contributed by atoms with Crippen molar-refractivity contribution in [2.75, 3.05) is 0 Å². The van der Waals surface area contributed by atoms with E-state index in [0.717, 1.165) is 0 Å². The Hall–Kier alpha value is -2.48. The van der Waals surface area contributed by atoms with Crippen molar-refractivity contribution in [1.82, 2.24) is 8.80 Å². The molecule has 0 bridgehead atoms. The maximum atomic E-state index is 2.43. The predicted molar refractivity (Wildman–Crippen MR) is 149 cm³/mol. The van der Waals surface area contributed by atoms with Gasteiger partial charge in [0.15, 0.2) is 0 Å². The Balaban J connectivity index is 1.95. The summed E-state index contributed by atoms with van der Waals surface area (Å²) in [7, 11) is 0. The summed E-state index contributed by atoms with van der Waals surface area (Å²) in [5, 5.41) is 0. The van der Waals surface area contributed by atoms with Crippen molar-refractivity contribution in [3.8, 4) is 11.1 Å². The van der Waals surface area contributed by atoms with Gasteiger partial charge in [0, 0.05) is 46.3 Å². The maximum absolute atomic E-state index is 2.43. The molecule has 4 heterocycles. The molecule has 2 nitrogen and oxygen atoms in total. The molecule has 0 saturated heterocycles. The minimum absolute atomic E-state index is 0.0476. The highest BCUT2D eigenvalue weighted by Crippen LogP contribution is 2.40. The molecule has 0 N–H and O–H groups in total. The first-order chi connectivity index (χ1) is 15.4. The molecule has 0 fully saturated rings. The molecular formula is C32H44N2. The summed E-state index contributed by atoms with van der Waals surface area (Å²) in [5.41, 5.74) is 11.1. The monoisotopic (exact) mass is 456 g/mol. The largest absolute Gasteiger partial charge is 0.323 e. The number of hydrogen-bond acceptors (Lipinski definition) is 0. The molecule has 0 aromatic carbocycles. The van der Waals surface area contributed by atoms with Gasteiger partial charge in [-0.1, -0.05) is 95.2 Å². The third-order valence-electron chi connectivity index (χ3n) is 6.95. The van der Waals surface area contributed by atoms with Gasteiger partial charge in [-0.05, 0) is 56.7 Å². The Morgan fingerprint density at radius 1 is 0.529 bits per heavy atom. The zero-order chi connectivity index (χ0) is 25.4. The average Bonchev–Trinajstić information content (AvgIpc) is 3.25. The number of fused-ring (bicyclic) bond motifs is 2. The number of aromatic nitrogens is 2. The van der Waals surface area contributed by atoms with Crippen LogP contribution in [0.1, 0.15) is 105 Å². The lowest BCUT2D eigenvalue weighted by molar-refractivity contribution is 0.508. The van der Waals surface area contributed by atoms with Crippen LogP contribution in [-0.2, 0) is 21.7 Å². The minimum Gasteiger partial charge on any atom is -0.323 e. The van der Waals surface area contributed by atoms with Crippen LogP contribution in [0.3, 0.4) is 0 Å². The van der Waals surface area contributed by atoms with Crippen molar-refractivity contribution < 1.29 is 0 Å². The molecule has 0 atom stereocenters. The minimum atomic E-state index is 0.0476. The van der Waals surface area contributed by atoms with Crippen LogP contribution in [0.15, 0.2) is 48.9 Å². The first-order valence-electron chi connectivity index (χ1n) is 12.7. The molecule has 2 heteroatoms. The van der Waals surface area contributed by atoms with Gasteiger partial charge < -0.3 is 8.80 Å². The molecule has 0 radical (unpaired) electrons. The van der Waals surface area contributed by atoms with E-state index in [1.165, 1.54) is 44.5 Å². The molecule has 34 heavy (non-hydrogen) atoms. The molecule has 0 spiro atoms. The van der Waals surface area contributed by atoms with Crippen LogP contribution in [0.5, 0.6) is 0 Å². The molecule has 0 aliphatic carbocycles. The van der Waals surface area contributed by atoms with E-state index >= 15 is 0 Å². The van der Waals surface area contributed by atoms with E-state index in [0.29, 0.717) is 0 Å². The van der Waals surface area contributed by atoms with Gasteiger partial charge in [-0.3, -0.25) is 0 Å². The molecule has 4 rings (SSSR count). The van der Waals surface area contributed by atoms with Crippen molar-refractivity contribution in [2.24, 2.45) is 0 Å². The lowest BCUT2D eigenvalue weighted by Crippen LogP contribution is -2.25. The summed E-state index contributed by atoms with van der Waals surface area (Å²) in [6.45, 7) is 27.8. The number of hydrogen-bond donors (Lipinski definition) is 0. The topological polar surface area (TPSA) is 8.82 Å². The molecule has 182 valence electrons. The smallest absolute Gasteiger partial charge is 0.0490 e. The Kier molecular flexibility index (Phi) is 5.44. The number of rotatable bonds is 1. The Morgan fingerprint density at radius 2 is 1.15 bits per heavy atom. The first-order valence-corrected chi connectivity index (χ1v) is 12.7. The second-order valence-corrected chi connectivity index (χ2v) is 14.2. The van der Waals surface area contributed by atoms with Gasteiger partial charge in [0.25, 0.3) is 0 Å². The summed E-state index contributed by atoms with van der Waals surface area (Å²) in [6.07, 6.45) is 7.01. The standard InChI is InChI=1S/C32H44N2/c1-29(2,3)24-15-14-23-17-22(19-34(23)28(24)32(10,11)12)21-13-16-26-27(31(7,8)9)25(30(4,5)6)20-33(26)18-21/h13-20H,1-12H3.